The van der Waals surface area contributed by atoms with Crippen molar-refractivity contribution in [3.63, 3.8) is 0 Å². The van der Waals surface area contributed by atoms with E-state index in [1.165, 1.54) is 199 Å². The van der Waals surface area contributed by atoms with Crippen LogP contribution in [0, 0.1) is 0 Å². The Balaban J connectivity index is 4.10. The maximum atomic E-state index is 12.9. The summed E-state index contributed by atoms with van der Waals surface area (Å²) in [6, 6.07) is 0. The second kappa shape index (κ2) is 65.4. The summed E-state index contributed by atoms with van der Waals surface area (Å²) in [5.74, 6) is -0.891. The first-order valence-corrected chi connectivity index (χ1v) is 33.4. The van der Waals surface area contributed by atoms with Crippen molar-refractivity contribution in [1.29, 1.82) is 0 Å². The van der Waals surface area contributed by atoms with Crippen LogP contribution in [0.15, 0.2) is 72.9 Å². The zero-order chi connectivity index (χ0) is 55.7. The highest BCUT2D eigenvalue weighted by Gasteiger charge is 2.19. The topological polar surface area (TPSA) is 78.9 Å². The highest BCUT2D eigenvalue weighted by molar-refractivity contribution is 5.71. The van der Waals surface area contributed by atoms with Crippen molar-refractivity contribution in [1.82, 2.24) is 0 Å². The zero-order valence-electron chi connectivity index (χ0n) is 51.2. The number of hydrogen-bond donors (Lipinski definition) is 0. The van der Waals surface area contributed by atoms with Gasteiger partial charge in [0.1, 0.15) is 13.2 Å². The van der Waals surface area contributed by atoms with E-state index in [2.05, 4.69) is 93.7 Å². The molecule has 0 heterocycles. The minimum absolute atomic E-state index is 0.0809. The van der Waals surface area contributed by atoms with Gasteiger partial charge in [-0.1, -0.05) is 286 Å². The molecule has 0 bridgehead atoms. The van der Waals surface area contributed by atoms with E-state index < -0.39 is 6.10 Å². The maximum Gasteiger partial charge on any atom is 0.306 e. The molecule has 0 saturated heterocycles. The zero-order valence-corrected chi connectivity index (χ0v) is 51.2. The molecule has 0 rings (SSSR count). The minimum Gasteiger partial charge on any atom is -0.462 e. The van der Waals surface area contributed by atoms with Crippen molar-refractivity contribution >= 4 is 17.9 Å². The molecule has 0 N–H and O–H groups in total. The molecule has 1 unspecified atom stereocenters. The monoisotopic (exact) mass is 1070 g/mol. The minimum atomic E-state index is -0.784. The lowest BCUT2D eigenvalue weighted by molar-refractivity contribution is -0.167. The summed E-state index contributed by atoms with van der Waals surface area (Å²) >= 11 is 0. The average molecular weight is 1080 g/mol. The van der Waals surface area contributed by atoms with E-state index in [0.717, 1.165) is 103 Å². The molecule has 446 valence electrons. The molecule has 0 saturated carbocycles. The van der Waals surface area contributed by atoms with E-state index in [0.29, 0.717) is 19.3 Å². The van der Waals surface area contributed by atoms with Crippen molar-refractivity contribution in [2.75, 3.05) is 13.2 Å². The number of carbonyl (C=O) groups excluding carboxylic acids is 3. The Morgan fingerprint density at radius 2 is 0.481 bits per heavy atom. The second-order valence-corrected chi connectivity index (χ2v) is 22.4. The quantitative estimate of drug-likeness (QED) is 0.0261. The number of hydrogen-bond acceptors (Lipinski definition) is 6. The summed E-state index contributed by atoms with van der Waals surface area (Å²) in [7, 11) is 0. The van der Waals surface area contributed by atoms with Gasteiger partial charge in [-0.15, -0.1) is 0 Å². The van der Waals surface area contributed by atoms with Gasteiger partial charge < -0.3 is 14.2 Å². The number of allylic oxidation sites excluding steroid dienone is 12. The Hall–Kier alpha value is -3.15. The number of unbranched alkanes of at least 4 members (excludes halogenated alkanes) is 38. The second-order valence-electron chi connectivity index (χ2n) is 22.4. The van der Waals surface area contributed by atoms with Crippen LogP contribution in [0.5, 0.6) is 0 Å². The number of rotatable bonds is 61. The Labute approximate surface area is 478 Å². The van der Waals surface area contributed by atoms with Gasteiger partial charge in [0.25, 0.3) is 0 Å². The van der Waals surface area contributed by atoms with Gasteiger partial charge >= 0.3 is 17.9 Å². The molecule has 0 aliphatic heterocycles. The molecule has 1 atom stereocenters. The van der Waals surface area contributed by atoms with Gasteiger partial charge in [0.2, 0.25) is 0 Å². The molecule has 6 heteroatoms. The summed E-state index contributed by atoms with van der Waals surface area (Å²) in [5.41, 5.74) is 0. The lowest BCUT2D eigenvalue weighted by atomic mass is 10.0. The predicted octanol–water partition coefficient (Wildman–Crippen LogP) is 22.9. The van der Waals surface area contributed by atoms with Crippen LogP contribution in [0.2, 0.25) is 0 Å². The maximum absolute atomic E-state index is 12.9. The molecule has 0 aromatic heterocycles. The lowest BCUT2D eigenvalue weighted by Gasteiger charge is -2.18. The smallest absolute Gasteiger partial charge is 0.306 e. The van der Waals surface area contributed by atoms with Gasteiger partial charge in [-0.3, -0.25) is 14.4 Å². The van der Waals surface area contributed by atoms with Gasteiger partial charge in [0, 0.05) is 19.3 Å². The van der Waals surface area contributed by atoms with Gasteiger partial charge in [-0.2, -0.15) is 0 Å². The van der Waals surface area contributed by atoms with Crippen molar-refractivity contribution in [2.45, 2.75) is 348 Å². The van der Waals surface area contributed by atoms with E-state index in [1.807, 2.05) is 0 Å². The molecule has 0 radical (unpaired) electrons. The van der Waals surface area contributed by atoms with Crippen LogP contribution in [0.4, 0.5) is 0 Å². The molecule has 0 aromatic rings. The standard InChI is InChI=1S/C71H126O6/c1-4-7-10-13-16-19-22-24-26-27-28-29-30-31-32-33-34-35-36-37-38-39-40-41-42-43-45-46-49-52-55-58-61-64-70(73)76-67-68(66-75-69(72)63-60-57-54-51-48-21-18-15-12-9-6-3)77-71(74)65-62-59-56-53-50-47-44-25-23-20-17-14-11-8-5-2/h15,17-18,20,22,24-25,27-28,30-31,44,68H,4-14,16,19,21,23,26,29,32-43,45-67H2,1-3H3/b18-15-,20-17-,24-22-,28-27-,31-30-,44-25-. The summed E-state index contributed by atoms with van der Waals surface area (Å²) in [5, 5.41) is 0. The van der Waals surface area contributed by atoms with Gasteiger partial charge in [0.05, 0.1) is 0 Å². The summed E-state index contributed by atoms with van der Waals surface area (Å²) in [6.45, 7) is 6.58. The van der Waals surface area contributed by atoms with Gasteiger partial charge in [-0.25, -0.2) is 0 Å². The molecule has 0 aromatic carbocycles. The summed E-state index contributed by atoms with van der Waals surface area (Å²) < 4.78 is 16.9. The fourth-order valence-electron chi connectivity index (χ4n) is 9.58. The molecule has 0 amide bonds. The first-order chi connectivity index (χ1) is 38.0. The van der Waals surface area contributed by atoms with Gasteiger partial charge in [0.15, 0.2) is 6.10 Å². The molecule has 0 fully saturated rings. The van der Waals surface area contributed by atoms with E-state index in [1.54, 1.807) is 0 Å². The first-order valence-electron chi connectivity index (χ1n) is 33.4. The van der Waals surface area contributed by atoms with Crippen LogP contribution in [0.25, 0.3) is 0 Å². The highest BCUT2D eigenvalue weighted by Crippen LogP contribution is 2.17. The van der Waals surface area contributed by atoms with E-state index in [4.69, 9.17) is 14.2 Å². The van der Waals surface area contributed by atoms with Crippen LogP contribution >= 0.6 is 0 Å². The summed E-state index contributed by atoms with van der Waals surface area (Å²) in [6.07, 6.45) is 85.1. The molecule has 77 heavy (non-hydrogen) atoms. The normalized spacial score (nSPS) is 12.5. The van der Waals surface area contributed by atoms with E-state index in [-0.39, 0.29) is 31.1 Å². The Morgan fingerprint density at radius 1 is 0.260 bits per heavy atom. The lowest BCUT2D eigenvalue weighted by Crippen LogP contribution is -2.30. The molecule has 0 aliphatic rings. The SMILES string of the molecule is CCCC/C=C\CCCCCCCC(=O)OCC(COC(=O)CCCCCCCCCCCCCCCCCCCC/C=C\C/C=C\C/C=C\CCCCCCC)OC(=O)CCCCCCC/C=C\C/C=C\CCCCC. The van der Waals surface area contributed by atoms with Crippen LogP contribution in [-0.4, -0.2) is 37.2 Å². The third-order valence-electron chi connectivity index (χ3n) is 14.7. The van der Waals surface area contributed by atoms with Crippen LogP contribution in [0.1, 0.15) is 342 Å². The van der Waals surface area contributed by atoms with E-state index >= 15 is 0 Å². The number of ether oxygens (including phenoxy) is 3. The highest BCUT2D eigenvalue weighted by atomic mass is 16.6. The van der Waals surface area contributed by atoms with Crippen molar-refractivity contribution < 1.29 is 28.6 Å². The molecule has 6 nitrogen and oxygen atoms in total. The molecular formula is C71H126O6. The Bertz CT molecular complexity index is 1420. The third-order valence-corrected chi connectivity index (χ3v) is 14.7. The molecular weight excluding hydrogens is 949 g/mol. The van der Waals surface area contributed by atoms with Crippen molar-refractivity contribution in [2.24, 2.45) is 0 Å². The van der Waals surface area contributed by atoms with Crippen LogP contribution in [0.3, 0.4) is 0 Å². The fourth-order valence-corrected chi connectivity index (χ4v) is 9.58. The number of esters is 3. The number of carbonyl (C=O) groups is 3. The Morgan fingerprint density at radius 3 is 0.805 bits per heavy atom. The largest absolute Gasteiger partial charge is 0.462 e. The van der Waals surface area contributed by atoms with Gasteiger partial charge in [-0.05, 0) is 109 Å². The molecule has 0 spiro atoms. The predicted molar refractivity (Wildman–Crippen MR) is 335 cm³/mol. The van der Waals surface area contributed by atoms with Crippen LogP contribution < -0.4 is 0 Å². The summed E-state index contributed by atoms with van der Waals surface area (Å²) in [4.78, 5) is 38.2. The van der Waals surface area contributed by atoms with Crippen molar-refractivity contribution in [3.8, 4) is 0 Å². The third kappa shape index (κ3) is 63.6. The van der Waals surface area contributed by atoms with Crippen molar-refractivity contribution in [3.05, 3.63) is 72.9 Å². The fraction of sp³-hybridized carbons (Fsp3) is 0.789. The van der Waals surface area contributed by atoms with E-state index in [9.17, 15) is 14.4 Å². The Kier molecular flexibility index (Phi) is 62.7. The first kappa shape index (κ1) is 73.8. The average Bonchev–Trinajstić information content (AvgIpc) is 3.43. The molecule has 0 aliphatic carbocycles. The van der Waals surface area contributed by atoms with Crippen LogP contribution in [-0.2, 0) is 28.6 Å².